The Labute approximate surface area is 170 Å². The smallest absolute Gasteiger partial charge is 0.269 e. The maximum atomic E-state index is 3.65. The second kappa shape index (κ2) is 5.71. The van der Waals surface area contributed by atoms with Gasteiger partial charge in [-0.1, -0.05) is 59.7 Å². The van der Waals surface area contributed by atoms with Crippen LogP contribution in [0.15, 0.2) is 72.8 Å². The SMILES string of the molecule is Cc1cc(C)cc(-n2[c-][n+]3c4c(cccc42)N(C)c2c-3ccc3ccccc23)c1. The molecule has 0 saturated heterocycles. The van der Waals surface area contributed by atoms with Crippen molar-refractivity contribution < 1.29 is 4.57 Å². The number of hydrogen-bond donors (Lipinski definition) is 0. The fraction of sp³-hybridized carbons (Fsp3) is 0.115. The minimum absolute atomic E-state index is 1.15. The van der Waals surface area contributed by atoms with Crippen LogP contribution in [0.5, 0.6) is 0 Å². The molecule has 0 unspecified atom stereocenters. The molecule has 1 aromatic heterocycles. The molecular weight excluding hydrogens is 354 g/mol. The minimum Gasteiger partial charge on any atom is -0.350 e. The molecule has 5 aromatic rings. The van der Waals surface area contributed by atoms with Crippen LogP contribution in [0.25, 0.3) is 33.2 Å². The maximum Gasteiger partial charge on any atom is 0.269 e. The van der Waals surface area contributed by atoms with Gasteiger partial charge in [0.25, 0.3) is 6.33 Å². The van der Waals surface area contributed by atoms with Crippen LogP contribution in [0.4, 0.5) is 11.4 Å². The van der Waals surface area contributed by atoms with E-state index in [2.05, 4.69) is 114 Å². The highest BCUT2D eigenvalue weighted by atomic mass is 15.2. The minimum atomic E-state index is 1.15. The van der Waals surface area contributed by atoms with E-state index in [-0.39, 0.29) is 0 Å². The van der Waals surface area contributed by atoms with Gasteiger partial charge in [0.05, 0.1) is 22.6 Å². The Morgan fingerprint density at radius 3 is 2.45 bits per heavy atom. The predicted molar refractivity (Wildman–Crippen MR) is 119 cm³/mol. The van der Waals surface area contributed by atoms with Crippen LogP contribution < -0.4 is 9.47 Å². The molecule has 0 atom stereocenters. The second-order valence-corrected chi connectivity index (χ2v) is 7.98. The molecule has 1 aliphatic heterocycles. The Kier molecular flexibility index (Phi) is 3.22. The fourth-order valence-electron chi connectivity index (χ4n) is 4.75. The molecule has 6 rings (SSSR count). The summed E-state index contributed by atoms with van der Waals surface area (Å²) in [7, 11) is 2.16. The first-order chi connectivity index (χ1) is 14.1. The number of aryl methyl sites for hydroxylation is 2. The first kappa shape index (κ1) is 16.4. The fourth-order valence-corrected chi connectivity index (χ4v) is 4.75. The molecular formula is C26H21N3. The molecule has 0 spiro atoms. The van der Waals surface area contributed by atoms with Gasteiger partial charge in [0.2, 0.25) is 0 Å². The predicted octanol–water partition coefficient (Wildman–Crippen LogP) is 5.56. The van der Waals surface area contributed by atoms with Crippen molar-refractivity contribution in [2.45, 2.75) is 13.8 Å². The third-order valence-electron chi connectivity index (χ3n) is 5.94. The number of rotatable bonds is 1. The Morgan fingerprint density at radius 2 is 1.62 bits per heavy atom. The Hall–Kier alpha value is -3.59. The molecule has 140 valence electrons. The van der Waals surface area contributed by atoms with Gasteiger partial charge < -0.3 is 4.90 Å². The van der Waals surface area contributed by atoms with E-state index in [9.17, 15) is 0 Å². The molecule has 0 amide bonds. The number of hydrogen-bond acceptors (Lipinski definition) is 1. The third kappa shape index (κ3) is 2.21. The van der Waals surface area contributed by atoms with Gasteiger partial charge in [0.1, 0.15) is 5.52 Å². The molecule has 2 heterocycles. The molecule has 0 N–H and O–H groups in total. The lowest BCUT2D eigenvalue weighted by Crippen LogP contribution is -2.36. The summed E-state index contributed by atoms with van der Waals surface area (Å²) < 4.78 is 4.42. The highest BCUT2D eigenvalue weighted by Gasteiger charge is 2.26. The van der Waals surface area contributed by atoms with E-state index in [4.69, 9.17) is 0 Å². The van der Waals surface area contributed by atoms with Gasteiger partial charge in [-0.05, 0) is 43.5 Å². The lowest BCUT2D eigenvalue weighted by Gasteiger charge is -2.30. The normalized spacial score (nSPS) is 12.6. The highest BCUT2D eigenvalue weighted by molar-refractivity contribution is 6.03. The molecule has 0 radical (unpaired) electrons. The molecule has 0 aliphatic carbocycles. The van der Waals surface area contributed by atoms with Gasteiger partial charge >= 0.3 is 0 Å². The first-order valence-electron chi connectivity index (χ1n) is 9.95. The summed E-state index contributed by atoms with van der Waals surface area (Å²) in [5.74, 6) is 0. The third-order valence-corrected chi connectivity index (χ3v) is 5.94. The van der Waals surface area contributed by atoms with Crippen molar-refractivity contribution in [3.05, 3.63) is 90.3 Å². The van der Waals surface area contributed by atoms with Crippen LogP contribution in [0.1, 0.15) is 11.1 Å². The summed E-state index contributed by atoms with van der Waals surface area (Å²) in [6.45, 7) is 4.30. The number of benzene rings is 4. The van der Waals surface area contributed by atoms with Gasteiger partial charge in [-0.25, -0.2) is 0 Å². The lowest BCUT2D eigenvalue weighted by molar-refractivity contribution is -0.572. The molecule has 0 saturated carbocycles. The monoisotopic (exact) mass is 375 g/mol. The van der Waals surface area contributed by atoms with Gasteiger partial charge in [0.15, 0.2) is 0 Å². The number of para-hydroxylation sites is 1. The van der Waals surface area contributed by atoms with Gasteiger partial charge in [-0.2, -0.15) is 0 Å². The van der Waals surface area contributed by atoms with Crippen LogP contribution in [0.3, 0.4) is 0 Å². The van der Waals surface area contributed by atoms with E-state index < -0.39 is 0 Å². The van der Waals surface area contributed by atoms with E-state index in [0.717, 1.165) is 16.9 Å². The summed E-state index contributed by atoms with van der Waals surface area (Å²) in [5, 5.41) is 2.51. The summed E-state index contributed by atoms with van der Waals surface area (Å²) in [5.41, 5.74) is 9.62. The quantitative estimate of drug-likeness (QED) is 0.276. The summed E-state index contributed by atoms with van der Waals surface area (Å²) >= 11 is 0. The van der Waals surface area contributed by atoms with Crippen LogP contribution in [-0.2, 0) is 0 Å². The van der Waals surface area contributed by atoms with Crippen molar-refractivity contribution in [3.63, 3.8) is 0 Å². The first-order valence-corrected chi connectivity index (χ1v) is 9.95. The van der Waals surface area contributed by atoms with E-state index >= 15 is 0 Å². The average Bonchev–Trinajstić information content (AvgIpc) is 3.11. The largest absolute Gasteiger partial charge is 0.350 e. The van der Waals surface area contributed by atoms with Crippen LogP contribution in [0, 0.1) is 20.2 Å². The van der Waals surface area contributed by atoms with Gasteiger partial charge in [-0.3, -0.25) is 9.13 Å². The topological polar surface area (TPSA) is 12.0 Å². The highest BCUT2D eigenvalue weighted by Crippen LogP contribution is 2.41. The van der Waals surface area contributed by atoms with Crippen molar-refractivity contribution in [3.8, 4) is 11.4 Å². The van der Waals surface area contributed by atoms with Crippen molar-refractivity contribution >= 4 is 33.2 Å². The molecule has 4 aromatic carbocycles. The second-order valence-electron chi connectivity index (χ2n) is 7.98. The van der Waals surface area contributed by atoms with Crippen molar-refractivity contribution in [2.75, 3.05) is 11.9 Å². The maximum absolute atomic E-state index is 3.65. The summed E-state index contributed by atoms with van der Waals surface area (Å²) in [6.07, 6.45) is 3.65. The zero-order chi connectivity index (χ0) is 19.7. The van der Waals surface area contributed by atoms with E-state index in [0.29, 0.717) is 0 Å². The average molecular weight is 375 g/mol. The molecule has 29 heavy (non-hydrogen) atoms. The zero-order valence-corrected chi connectivity index (χ0v) is 16.8. The summed E-state index contributed by atoms with van der Waals surface area (Å²) in [4.78, 5) is 2.32. The Bertz CT molecular complexity index is 1420. The van der Waals surface area contributed by atoms with E-state index in [1.807, 2.05) is 0 Å². The standard InChI is InChI=1S/C26H21N3/c1-17-13-18(2)15-20(14-17)28-16-29-24-12-11-19-7-4-5-8-21(19)25(24)27(3)22-9-6-10-23(28)26(22)29/h4-15H,1-3H3. The molecule has 1 aliphatic rings. The van der Waals surface area contributed by atoms with Crippen molar-refractivity contribution in [2.24, 2.45) is 0 Å². The molecule has 0 bridgehead atoms. The lowest BCUT2D eigenvalue weighted by atomic mass is 10.0. The van der Waals surface area contributed by atoms with Crippen molar-refractivity contribution in [1.82, 2.24) is 4.57 Å². The molecule has 3 nitrogen and oxygen atoms in total. The number of aromatic nitrogens is 2. The van der Waals surface area contributed by atoms with Crippen LogP contribution in [0.2, 0.25) is 0 Å². The number of anilines is 2. The number of imidazole rings is 1. The molecule has 3 heteroatoms. The number of fused-ring (bicyclic) bond motifs is 4. The van der Waals surface area contributed by atoms with Crippen molar-refractivity contribution in [1.29, 1.82) is 0 Å². The van der Waals surface area contributed by atoms with Gasteiger partial charge in [-0.15, -0.1) is 0 Å². The van der Waals surface area contributed by atoms with E-state index in [1.165, 1.54) is 38.8 Å². The van der Waals surface area contributed by atoms with Gasteiger partial charge in [0, 0.05) is 18.1 Å². The van der Waals surface area contributed by atoms with Crippen LogP contribution >= 0.6 is 0 Å². The molecule has 0 fully saturated rings. The number of nitrogens with zero attached hydrogens (tertiary/aromatic N) is 3. The van der Waals surface area contributed by atoms with E-state index in [1.54, 1.807) is 0 Å². The summed E-state index contributed by atoms with van der Waals surface area (Å²) in [6, 6.07) is 26.2. The van der Waals surface area contributed by atoms with Crippen LogP contribution in [-0.4, -0.2) is 11.6 Å². The Balaban J connectivity index is 1.74. The zero-order valence-electron chi connectivity index (χ0n) is 16.8. The Morgan fingerprint density at radius 1 is 0.828 bits per heavy atom.